The molecule has 0 radical (unpaired) electrons. The van der Waals surface area contributed by atoms with Crippen LogP contribution in [0.1, 0.15) is 20.9 Å². The van der Waals surface area contributed by atoms with Crippen LogP contribution in [0, 0.1) is 18.3 Å². The third-order valence-electron chi connectivity index (χ3n) is 3.92. The van der Waals surface area contributed by atoms with Gasteiger partial charge in [0.25, 0.3) is 5.91 Å². The van der Waals surface area contributed by atoms with Crippen LogP contribution in [-0.4, -0.2) is 25.1 Å². The third-order valence-corrected chi connectivity index (χ3v) is 6.04. The van der Waals surface area contributed by atoms with Gasteiger partial charge in [-0.3, -0.25) is 4.79 Å². The summed E-state index contributed by atoms with van der Waals surface area (Å²) in [6, 6.07) is 15.4. The maximum absolute atomic E-state index is 12.5. The predicted molar refractivity (Wildman–Crippen MR) is 110 cm³/mol. The van der Waals surface area contributed by atoms with Gasteiger partial charge in [0.05, 0.1) is 22.5 Å². The van der Waals surface area contributed by atoms with Crippen molar-refractivity contribution < 1.29 is 13.2 Å². The summed E-state index contributed by atoms with van der Waals surface area (Å²) in [5, 5.41) is 14.3. The van der Waals surface area contributed by atoms with Gasteiger partial charge < -0.3 is 5.32 Å². The van der Waals surface area contributed by atoms with E-state index in [-0.39, 0.29) is 11.7 Å². The maximum Gasteiger partial charge on any atom is 0.255 e. The minimum absolute atomic E-state index is 0.225. The molecule has 1 amide bonds. The second kappa shape index (κ2) is 8.33. The number of nitriles is 1. The van der Waals surface area contributed by atoms with E-state index in [9.17, 15) is 13.2 Å². The number of anilines is 1. The van der Waals surface area contributed by atoms with Crippen LogP contribution in [0.4, 0.5) is 5.69 Å². The number of sulfone groups is 1. The fourth-order valence-electron chi connectivity index (χ4n) is 2.61. The Hall–Kier alpha value is -3.02. The Morgan fingerprint density at radius 1 is 1.21 bits per heavy atom. The Morgan fingerprint density at radius 2 is 1.96 bits per heavy atom. The van der Waals surface area contributed by atoms with Gasteiger partial charge in [-0.05, 0) is 36.8 Å². The quantitative estimate of drug-likeness (QED) is 0.665. The largest absolute Gasteiger partial charge is 0.322 e. The number of amides is 1. The fraction of sp³-hybridized carbons (Fsp3) is 0.150. The highest BCUT2D eigenvalue weighted by Gasteiger charge is 2.13. The highest BCUT2D eigenvalue weighted by molar-refractivity contribution is 7.90. The monoisotopic (exact) mass is 411 g/mol. The zero-order valence-corrected chi connectivity index (χ0v) is 16.7. The van der Waals surface area contributed by atoms with Crippen LogP contribution in [-0.2, 0) is 15.6 Å². The van der Waals surface area contributed by atoms with Crippen LogP contribution in [0.3, 0.4) is 0 Å². The Kier molecular flexibility index (Phi) is 5.87. The van der Waals surface area contributed by atoms with Gasteiger partial charge >= 0.3 is 0 Å². The molecule has 0 aliphatic rings. The topological polar surface area (TPSA) is 99.9 Å². The molecule has 3 aromatic rings. The lowest BCUT2D eigenvalue weighted by molar-refractivity contribution is 0.102. The third kappa shape index (κ3) is 5.03. The highest BCUT2D eigenvalue weighted by Crippen LogP contribution is 2.24. The molecule has 0 aliphatic carbocycles. The Balaban J connectivity index is 1.71. The molecule has 0 bridgehead atoms. The summed E-state index contributed by atoms with van der Waals surface area (Å²) in [5.41, 5.74) is 3.37. The van der Waals surface area contributed by atoms with Crippen molar-refractivity contribution in [3.63, 3.8) is 0 Å². The number of carbonyl (C=O) groups excluding carboxylic acids is 1. The molecule has 0 atom stereocenters. The zero-order valence-electron chi connectivity index (χ0n) is 15.0. The van der Waals surface area contributed by atoms with Crippen molar-refractivity contribution >= 4 is 32.8 Å². The second-order valence-corrected chi connectivity index (χ2v) is 9.30. The van der Waals surface area contributed by atoms with Gasteiger partial charge in [-0.25, -0.2) is 13.4 Å². The lowest BCUT2D eigenvalue weighted by Crippen LogP contribution is -2.12. The van der Waals surface area contributed by atoms with E-state index in [2.05, 4.69) is 10.3 Å². The molecule has 1 aromatic heterocycles. The standard InChI is InChI=1S/C20H17N3O3S2/c1-14-22-19(12-27-14)17-3-2-4-18(11-17)23-20(24)16-7-5-15(6-8-16)13-28(25,26)10-9-21/h2-8,11-12H,10,13H2,1H3,(H,23,24). The van der Waals surface area contributed by atoms with Crippen LogP contribution in [0.2, 0.25) is 0 Å². The van der Waals surface area contributed by atoms with E-state index in [1.807, 2.05) is 30.5 Å². The Labute approximate surface area is 167 Å². The number of aryl methyl sites for hydroxylation is 1. The van der Waals surface area contributed by atoms with Crippen molar-refractivity contribution in [2.45, 2.75) is 12.7 Å². The molecule has 2 aromatic carbocycles. The average Bonchev–Trinajstić information content (AvgIpc) is 3.08. The van der Waals surface area contributed by atoms with Crippen molar-refractivity contribution in [3.8, 4) is 17.3 Å². The molecule has 142 valence electrons. The van der Waals surface area contributed by atoms with E-state index in [0.29, 0.717) is 16.8 Å². The molecule has 0 spiro atoms. The molecule has 0 saturated heterocycles. The minimum Gasteiger partial charge on any atom is -0.322 e. The summed E-state index contributed by atoms with van der Waals surface area (Å²) >= 11 is 1.56. The van der Waals surface area contributed by atoms with E-state index in [0.717, 1.165) is 16.3 Å². The smallest absolute Gasteiger partial charge is 0.255 e. The first-order valence-electron chi connectivity index (χ1n) is 8.36. The van der Waals surface area contributed by atoms with E-state index in [1.54, 1.807) is 47.7 Å². The number of nitrogens with zero attached hydrogens (tertiary/aromatic N) is 2. The Bertz CT molecular complexity index is 1140. The van der Waals surface area contributed by atoms with Gasteiger partial charge in [-0.2, -0.15) is 5.26 Å². The number of carbonyl (C=O) groups is 1. The summed E-state index contributed by atoms with van der Waals surface area (Å²) in [7, 11) is -3.46. The summed E-state index contributed by atoms with van der Waals surface area (Å²) in [5.74, 6) is -1.04. The van der Waals surface area contributed by atoms with Gasteiger partial charge in [-0.1, -0.05) is 24.3 Å². The fourth-order valence-corrected chi connectivity index (χ4v) is 4.23. The molecule has 1 N–H and O–H groups in total. The SMILES string of the molecule is Cc1nc(-c2cccc(NC(=O)c3ccc(CS(=O)(=O)CC#N)cc3)c2)cs1. The van der Waals surface area contributed by atoms with Crippen molar-refractivity contribution in [2.75, 3.05) is 11.1 Å². The average molecular weight is 412 g/mol. The lowest BCUT2D eigenvalue weighted by Gasteiger charge is -2.08. The van der Waals surface area contributed by atoms with Crippen molar-refractivity contribution in [1.82, 2.24) is 4.98 Å². The molecule has 0 fully saturated rings. The first kappa shape index (κ1) is 19.7. The molecule has 28 heavy (non-hydrogen) atoms. The normalized spacial score (nSPS) is 11.0. The second-order valence-electron chi connectivity index (χ2n) is 6.17. The van der Waals surface area contributed by atoms with E-state index in [1.165, 1.54) is 0 Å². The van der Waals surface area contributed by atoms with E-state index >= 15 is 0 Å². The molecule has 0 unspecified atom stereocenters. The molecular weight excluding hydrogens is 394 g/mol. The summed E-state index contributed by atoms with van der Waals surface area (Å²) in [4.78, 5) is 16.9. The van der Waals surface area contributed by atoms with E-state index < -0.39 is 15.6 Å². The summed E-state index contributed by atoms with van der Waals surface area (Å²) < 4.78 is 23.4. The van der Waals surface area contributed by atoms with Crippen LogP contribution in [0.25, 0.3) is 11.3 Å². The number of thiazole rings is 1. The molecule has 0 saturated carbocycles. The van der Waals surface area contributed by atoms with Crippen molar-refractivity contribution in [2.24, 2.45) is 0 Å². The van der Waals surface area contributed by atoms with Crippen molar-refractivity contribution in [3.05, 3.63) is 70.0 Å². The van der Waals surface area contributed by atoms with Gasteiger partial charge in [-0.15, -0.1) is 11.3 Å². The van der Waals surface area contributed by atoms with Gasteiger partial charge in [0.1, 0.15) is 5.75 Å². The maximum atomic E-state index is 12.5. The minimum atomic E-state index is -3.46. The number of hydrogen-bond acceptors (Lipinski definition) is 6. The molecule has 6 nitrogen and oxygen atoms in total. The van der Waals surface area contributed by atoms with Gasteiger partial charge in [0, 0.05) is 22.2 Å². The van der Waals surface area contributed by atoms with Crippen molar-refractivity contribution in [1.29, 1.82) is 5.26 Å². The predicted octanol–water partition coefficient (Wildman–Crippen LogP) is 3.81. The lowest BCUT2D eigenvalue weighted by atomic mass is 10.1. The number of rotatable bonds is 6. The van der Waals surface area contributed by atoms with Crippen LogP contribution in [0.5, 0.6) is 0 Å². The van der Waals surface area contributed by atoms with Gasteiger partial charge in [0.2, 0.25) is 0 Å². The first-order valence-corrected chi connectivity index (χ1v) is 11.1. The summed E-state index contributed by atoms with van der Waals surface area (Å²) in [6.45, 7) is 1.94. The van der Waals surface area contributed by atoms with Crippen LogP contribution < -0.4 is 5.32 Å². The number of nitrogens with one attached hydrogen (secondary N) is 1. The number of hydrogen-bond donors (Lipinski definition) is 1. The van der Waals surface area contributed by atoms with E-state index in [4.69, 9.17) is 5.26 Å². The summed E-state index contributed by atoms with van der Waals surface area (Å²) in [6.07, 6.45) is 0. The molecule has 0 aliphatic heterocycles. The Morgan fingerprint density at radius 3 is 2.61 bits per heavy atom. The zero-order chi connectivity index (χ0) is 20.1. The van der Waals surface area contributed by atoms with Gasteiger partial charge in [0.15, 0.2) is 9.84 Å². The van der Waals surface area contributed by atoms with Crippen LogP contribution >= 0.6 is 11.3 Å². The molecule has 8 heteroatoms. The molecular formula is C20H17N3O3S2. The number of benzene rings is 2. The molecule has 1 heterocycles. The van der Waals surface area contributed by atoms with Crippen LogP contribution in [0.15, 0.2) is 53.9 Å². The highest BCUT2D eigenvalue weighted by atomic mass is 32.2. The first-order chi connectivity index (χ1) is 13.4. The molecule has 3 rings (SSSR count). The number of aromatic nitrogens is 1.